The lowest BCUT2D eigenvalue weighted by Crippen LogP contribution is -2.11. The Morgan fingerprint density at radius 2 is 2.00 bits per heavy atom. The van der Waals surface area contributed by atoms with Crippen LogP contribution >= 0.6 is 11.6 Å². The molecule has 0 aliphatic heterocycles. The fourth-order valence-electron chi connectivity index (χ4n) is 1.41. The van der Waals surface area contributed by atoms with Gasteiger partial charge in [-0.15, -0.1) is 21.8 Å². The van der Waals surface area contributed by atoms with Gasteiger partial charge in [0.05, 0.1) is 12.5 Å². The summed E-state index contributed by atoms with van der Waals surface area (Å²) in [5.74, 6) is 2.17. The van der Waals surface area contributed by atoms with Crippen molar-refractivity contribution < 1.29 is 4.74 Å². The normalized spacial score (nSPS) is 11.2. The molecule has 0 unspecified atom stereocenters. The second-order valence-electron chi connectivity index (χ2n) is 3.37. The minimum absolute atomic E-state index is 0.339. The number of hydrogen-bond donors (Lipinski definition) is 0. The fourth-order valence-corrected chi connectivity index (χ4v) is 1.59. The molecule has 0 bridgehead atoms. The van der Waals surface area contributed by atoms with Crippen molar-refractivity contribution in [1.82, 2.24) is 14.8 Å². The predicted octanol–water partition coefficient (Wildman–Crippen LogP) is 1.79. The molecule has 0 amide bonds. The van der Waals surface area contributed by atoms with Gasteiger partial charge < -0.3 is 9.30 Å². The van der Waals surface area contributed by atoms with E-state index in [-0.39, 0.29) is 0 Å². The highest BCUT2D eigenvalue weighted by Crippen LogP contribution is 2.13. The maximum Gasteiger partial charge on any atom is 0.148 e. The van der Waals surface area contributed by atoms with Gasteiger partial charge in [0.15, 0.2) is 0 Å². The van der Waals surface area contributed by atoms with Gasteiger partial charge in [0.1, 0.15) is 11.6 Å². The van der Waals surface area contributed by atoms with Gasteiger partial charge in [-0.25, -0.2) is 0 Å². The van der Waals surface area contributed by atoms with E-state index in [2.05, 4.69) is 28.6 Å². The van der Waals surface area contributed by atoms with Crippen LogP contribution in [0.15, 0.2) is 0 Å². The lowest BCUT2D eigenvalue weighted by atomic mass is 10.3. The minimum Gasteiger partial charge on any atom is -0.384 e. The van der Waals surface area contributed by atoms with Crippen LogP contribution in [0.2, 0.25) is 0 Å². The molecule has 1 aromatic rings. The summed E-state index contributed by atoms with van der Waals surface area (Å²) in [5.41, 5.74) is 0. The molecule has 0 atom stereocenters. The molecule has 1 rings (SSSR count). The summed E-state index contributed by atoms with van der Waals surface area (Å²) in [6.45, 7) is 4.85. The molecule has 0 aromatic carbocycles. The van der Waals surface area contributed by atoms with E-state index >= 15 is 0 Å². The first-order valence-corrected chi connectivity index (χ1v) is 5.21. The molecule has 14 heavy (non-hydrogen) atoms. The SMILES string of the molecule is COCCc1nnc(CCl)n1C(C)C. The number of ether oxygens (including phenoxy) is 1. The van der Waals surface area contributed by atoms with Crippen molar-refractivity contribution in [2.24, 2.45) is 0 Å². The van der Waals surface area contributed by atoms with Crippen LogP contribution in [0.25, 0.3) is 0 Å². The second-order valence-corrected chi connectivity index (χ2v) is 3.64. The lowest BCUT2D eigenvalue weighted by molar-refractivity contribution is 0.199. The molecule has 1 heterocycles. The van der Waals surface area contributed by atoms with E-state index in [0.717, 1.165) is 18.1 Å². The van der Waals surface area contributed by atoms with Crippen LogP contribution in [0.1, 0.15) is 31.5 Å². The van der Waals surface area contributed by atoms with E-state index in [0.29, 0.717) is 18.5 Å². The van der Waals surface area contributed by atoms with Gasteiger partial charge in [-0.1, -0.05) is 0 Å². The number of aromatic nitrogens is 3. The van der Waals surface area contributed by atoms with Gasteiger partial charge in [0.2, 0.25) is 0 Å². The molecule has 4 nitrogen and oxygen atoms in total. The standard InChI is InChI=1S/C9H16ClN3O/c1-7(2)13-8(4-5-14-3)11-12-9(13)6-10/h7H,4-6H2,1-3H3. The van der Waals surface area contributed by atoms with Gasteiger partial charge >= 0.3 is 0 Å². The van der Waals surface area contributed by atoms with Crippen LogP contribution < -0.4 is 0 Å². The van der Waals surface area contributed by atoms with Crippen molar-refractivity contribution in [3.63, 3.8) is 0 Å². The van der Waals surface area contributed by atoms with Crippen molar-refractivity contribution in [3.05, 3.63) is 11.6 Å². The molecule has 1 aromatic heterocycles. The van der Waals surface area contributed by atoms with Crippen molar-refractivity contribution in [2.75, 3.05) is 13.7 Å². The van der Waals surface area contributed by atoms with Crippen LogP contribution in [0.3, 0.4) is 0 Å². The van der Waals surface area contributed by atoms with Gasteiger partial charge in [-0.05, 0) is 13.8 Å². The first-order valence-electron chi connectivity index (χ1n) is 4.68. The summed E-state index contributed by atoms with van der Waals surface area (Å²) < 4.78 is 7.07. The molecule has 0 aliphatic rings. The molecule has 0 N–H and O–H groups in total. The largest absolute Gasteiger partial charge is 0.384 e. The van der Waals surface area contributed by atoms with E-state index in [4.69, 9.17) is 16.3 Å². The van der Waals surface area contributed by atoms with Crippen LogP contribution in [-0.4, -0.2) is 28.5 Å². The Kier molecular flexibility index (Phi) is 4.35. The summed E-state index contributed by atoms with van der Waals surface area (Å²) in [4.78, 5) is 0. The van der Waals surface area contributed by atoms with Crippen molar-refractivity contribution in [1.29, 1.82) is 0 Å². The van der Waals surface area contributed by atoms with Crippen LogP contribution in [0.5, 0.6) is 0 Å². The number of methoxy groups -OCH3 is 1. The zero-order valence-electron chi connectivity index (χ0n) is 8.83. The molecule has 0 saturated carbocycles. The molecule has 0 aliphatic carbocycles. The number of nitrogens with zero attached hydrogens (tertiary/aromatic N) is 3. The molecule has 5 heteroatoms. The minimum atomic E-state index is 0.339. The quantitative estimate of drug-likeness (QED) is 0.706. The Morgan fingerprint density at radius 3 is 2.50 bits per heavy atom. The summed E-state index contributed by atoms with van der Waals surface area (Å²) in [5, 5.41) is 8.13. The Morgan fingerprint density at radius 1 is 1.36 bits per heavy atom. The lowest BCUT2D eigenvalue weighted by Gasteiger charge is -2.12. The summed E-state index contributed by atoms with van der Waals surface area (Å²) in [7, 11) is 1.68. The zero-order chi connectivity index (χ0) is 10.6. The average Bonchev–Trinajstić information content (AvgIpc) is 2.57. The molecular weight excluding hydrogens is 202 g/mol. The third-order valence-electron chi connectivity index (χ3n) is 2.00. The van der Waals surface area contributed by atoms with Crippen molar-refractivity contribution >= 4 is 11.6 Å². The average molecular weight is 218 g/mol. The van der Waals surface area contributed by atoms with Crippen LogP contribution in [0, 0.1) is 0 Å². The number of hydrogen-bond acceptors (Lipinski definition) is 3. The highest BCUT2D eigenvalue weighted by Gasteiger charge is 2.13. The maximum atomic E-state index is 5.77. The van der Waals surface area contributed by atoms with Crippen molar-refractivity contribution in [3.8, 4) is 0 Å². The predicted molar refractivity (Wildman–Crippen MR) is 55.5 cm³/mol. The molecule has 0 spiro atoms. The Hall–Kier alpha value is -0.610. The molecule has 0 radical (unpaired) electrons. The first kappa shape index (κ1) is 11.5. The summed E-state index contributed by atoms with van der Waals surface area (Å²) in [6.07, 6.45) is 0.776. The van der Waals surface area contributed by atoms with Crippen LogP contribution in [-0.2, 0) is 17.0 Å². The van der Waals surface area contributed by atoms with E-state index in [1.54, 1.807) is 7.11 Å². The molecule has 0 saturated heterocycles. The first-order chi connectivity index (χ1) is 6.70. The maximum absolute atomic E-state index is 5.77. The van der Waals surface area contributed by atoms with E-state index < -0.39 is 0 Å². The van der Waals surface area contributed by atoms with Crippen LogP contribution in [0.4, 0.5) is 0 Å². The highest BCUT2D eigenvalue weighted by molar-refractivity contribution is 6.16. The topological polar surface area (TPSA) is 39.9 Å². The smallest absolute Gasteiger partial charge is 0.148 e. The van der Waals surface area contributed by atoms with Gasteiger partial charge in [-0.2, -0.15) is 0 Å². The number of alkyl halides is 1. The number of rotatable bonds is 5. The van der Waals surface area contributed by atoms with E-state index in [1.807, 2.05) is 0 Å². The van der Waals surface area contributed by atoms with Gasteiger partial charge in [-0.3, -0.25) is 0 Å². The highest BCUT2D eigenvalue weighted by atomic mass is 35.5. The van der Waals surface area contributed by atoms with E-state index in [1.165, 1.54) is 0 Å². The molecule has 0 fully saturated rings. The summed E-state index contributed by atoms with van der Waals surface area (Å²) in [6, 6.07) is 0.339. The van der Waals surface area contributed by atoms with Gasteiger partial charge in [0.25, 0.3) is 0 Å². The van der Waals surface area contributed by atoms with Gasteiger partial charge in [0, 0.05) is 19.6 Å². The Labute approximate surface area is 89.2 Å². The number of halogens is 1. The monoisotopic (exact) mass is 217 g/mol. The second kappa shape index (κ2) is 5.32. The summed E-state index contributed by atoms with van der Waals surface area (Å²) >= 11 is 5.77. The molecular formula is C9H16ClN3O. The Balaban J connectivity index is 2.87. The van der Waals surface area contributed by atoms with E-state index in [9.17, 15) is 0 Å². The fraction of sp³-hybridized carbons (Fsp3) is 0.778. The third kappa shape index (κ3) is 2.45. The third-order valence-corrected chi connectivity index (χ3v) is 2.24. The van der Waals surface area contributed by atoms with Crippen molar-refractivity contribution in [2.45, 2.75) is 32.2 Å². The zero-order valence-corrected chi connectivity index (χ0v) is 9.58. The Bertz CT molecular complexity index is 286. The molecule has 80 valence electrons.